The van der Waals surface area contributed by atoms with E-state index in [0.717, 1.165) is 30.6 Å². The van der Waals surface area contributed by atoms with Gasteiger partial charge in [-0.05, 0) is 45.2 Å². The molecule has 0 saturated heterocycles. The summed E-state index contributed by atoms with van der Waals surface area (Å²) in [6.07, 6.45) is 1.90. The maximum absolute atomic E-state index is 12.5. The zero-order chi connectivity index (χ0) is 13.3. The van der Waals surface area contributed by atoms with Gasteiger partial charge in [0.15, 0.2) is 0 Å². The molecule has 0 radical (unpaired) electrons. The lowest BCUT2D eigenvalue weighted by Gasteiger charge is -2.20. The Hall–Kier alpha value is -1.35. The third-order valence-electron chi connectivity index (χ3n) is 3.69. The van der Waals surface area contributed by atoms with E-state index in [0.29, 0.717) is 0 Å². The van der Waals surface area contributed by atoms with E-state index in [2.05, 4.69) is 6.07 Å². The van der Waals surface area contributed by atoms with E-state index in [1.165, 1.54) is 0 Å². The van der Waals surface area contributed by atoms with Crippen LogP contribution in [0.25, 0.3) is 0 Å². The van der Waals surface area contributed by atoms with Gasteiger partial charge in [0, 0.05) is 18.3 Å². The maximum Gasteiger partial charge on any atom is 0.237 e. The van der Waals surface area contributed by atoms with Crippen LogP contribution >= 0.6 is 0 Å². The summed E-state index contributed by atoms with van der Waals surface area (Å²) in [7, 11) is 0. The minimum Gasteiger partial charge on any atom is -0.328 e. The Labute approximate surface area is 109 Å². The minimum atomic E-state index is -0.398. The average Bonchev–Trinajstić information content (AvgIpc) is 2.51. The molecule has 1 aliphatic heterocycles. The number of para-hydroxylation sites is 1. The third-order valence-corrected chi connectivity index (χ3v) is 3.69. The zero-order valence-corrected chi connectivity index (χ0v) is 11.4. The molecule has 1 unspecified atom stereocenters. The molecule has 3 nitrogen and oxygen atoms in total. The fraction of sp³-hybridized carbons (Fsp3) is 0.533. The summed E-state index contributed by atoms with van der Waals surface area (Å²) in [4.78, 5) is 14.4. The zero-order valence-electron chi connectivity index (χ0n) is 11.4. The molecule has 1 atom stereocenters. The second-order valence-corrected chi connectivity index (χ2v) is 5.72. The van der Waals surface area contributed by atoms with Gasteiger partial charge in [-0.2, -0.15) is 0 Å². The van der Waals surface area contributed by atoms with Crippen molar-refractivity contribution in [1.29, 1.82) is 0 Å². The summed E-state index contributed by atoms with van der Waals surface area (Å²) in [6.45, 7) is 6.77. The Bertz CT molecular complexity index is 452. The molecule has 2 rings (SSSR count). The van der Waals surface area contributed by atoms with Crippen LogP contribution in [-0.4, -0.2) is 18.5 Å². The van der Waals surface area contributed by atoms with Crippen molar-refractivity contribution in [1.82, 2.24) is 0 Å². The number of benzene rings is 1. The molecule has 1 aromatic carbocycles. The topological polar surface area (TPSA) is 46.3 Å². The SMILES string of the molecule is CC(N)CCCN1C(=O)C(C)(C)c2ccccc21. The highest BCUT2D eigenvalue weighted by molar-refractivity contribution is 6.07. The van der Waals surface area contributed by atoms with Crippen molar-refractivity contribution in [3.63, 3.8) is 0 Å². The first-order chi connectivity index (χ1) is 8.44. The van der Waals surface area contributed by atoms with E-state index >= 15 is 0 Å². The quantitative estimate of drug-likeness (QED) is 0.887. The first-order valence-electron chi connectivity index (χ1n) is 6.61. The first kappa shape index (κ1) is 13.1. The van der Waals surface area contributed by atoms with Crippen molar-refractivity contribution in [2.75, 3.05) is 11.4 Å². The number of nitrogens with two attached hydrogens (primary N) is 1. The van der Waals surface area contributed by atoms with E-state index in [9.17, 15) is 4.79 Å². The number of carbonyl (C=O) groups is 1. The predicted molar refractivity (Wildman–Crippen MR) is 74.7 cm³/mol. The number of anilines is 1. The molecule has 98 valence electrons. The van der Waals surface area contributed by atoms with Gasteiger partial charge in [0.1, 0.15) is 0 Å². The van der Waals surface area contributed by atoms with Gasteiger partial charge in [-0.3, -0.25) is 4.79 Å². The molecular formula is C15H22N2O. The van der Waals surface area contributed by atoms with E-state index < -0.39 is 5.41 Å². The number of carbonyl (C=O) groups excluding carboxylic acids is 1. The molecule has 1 aromatic rings. The van der Waals surface area contributed by atoms with Crippen molar-refractivity contribution in [3.8, 4) is 0 Å². The van der Waals surface area contributed by atoms with Crippen molar-refractivity contribution in [3.05, 3.63) is 29.8 Å². The molecule has 0 fully saturated rings. The number of hydrogen-bond donors (Lipinski definition) is 1. The summed E-state index contributed by atoms with van der Waals surface area (Å²) in [6, 6.07) is 8.28. The van der Waals surface area contributed by atoms with Crippen LogP contribution in [0.15, 0.2) is 24.3 Å². The molecule has 0 aliphatic carbocycles. The van der Waals surface area contributed by atoms with E-state index in [-0.39, 0.29) is 11.9 Å². The molecular weight excluding hydrogens is 224 g/mol. The van der Waals surface area contributed by atoms with Crippen LogP contribution in [0.5, 0.6) is 0 Å². The normalized spacial score (nSPS) is 18.9. The number of fused-ring (bicyclic) bond motifs is 1. The lowest BCUT2D eigenvalue weighted by molar-refractivity contribution is -0.122. The Morgan fingerprint density at radius 2 is 2.00 bits per heavy atom. The van der Waals surface area contributed by atoms with Gasteiger partial charge in [-0.15, -0.1) is 0 Å². The molecule has 18 heavy (non-hydrogen) atoms. The molecule has 0 bridgehead atoms. The van der Waals surface area contributed by atoms with Crippen molar-refractivity contribution < 1.29 is 4.79 Å². The highest BCUT2D eigenvalue weighted by atomic mass is 16.2. The van der Waals surface area contributed by atoms with Crippen molar-refractivity contribution >= 4 is 11.6 Å². The van der Waals surface area contributed by atoms with Gasteiger partial charge in [-0.1, -0.05) is 18.2 Å². The molecule has 0 saturated carbocycles. The lowest BCUT2D eigenvalue weighted by atomic mass is 9.86. The predicted octanol–water partition coefficient (Wildman–Crippen LogP) is 2.44. The summed E-state index contributed by atoms with van der Waals surface area (Å²) in [5.74, 6) is 0.202. The lowest BCUT2D eigenvalue weighted by Crippen LogP contribution is -2.37. The van der Waals surface area contributed by atoms with Gasteiger partial charge in [0.05, 0.1) is 5.41 Å². The van der Waals surface area contributed by atoms with Crippen molar-refractivity contribution in [2.24, 2.45) is 5.73 Å². The highest BCUT2D eigenvalue weighted by Gasteiger charge is 2.43. The van der Waals surface area contributed by atoms with Gasteiger partial charge >= 0.3 is 0 Å². The van der Waals surface area contributed by atoms with Crippen LogP contribution in [0.1, 0.15) is 39.2 Å². The van der Waals surface area contributed by atoms with Crippen LogP contribution in [0.4, 0.5) is 5.69 Å². The third kappa shape index (κ3) is 2.15. The number of amides is 1. The fourth-order valence-electron chi connectivity index (χ4n) is 2.59. The number of nitrogens with zero attached hydrogens (tertiary/aromatic N) is 1. The van der Waals surface area contributed by atoms with Crippen LogP contribution in [0.3, 0.4) is 0 Å². The Morgan fingerprint density at radius 3 is 2.67 bits per heavy atom. The monoisotopic (exact) mass is 246 g/mol. The number of rotatable bonds is 4. The van der Waals surface area contributed by atoms with Gasteiger partial charge in [-0.25, -0.2) is 0 Å². The van der Waals surface area contributed by atoms with E-state index in [1.807, 2.05) is 43.9 Å². The average molecular weight is 246 g/mol. The van der Waals surface area contributed by atoms with Crippen LogP contribution in [0.2, 0.25) is 0 Å². The molecule has 2 N–H and O–H groups in total. The van der Waals surface area contributed by atoms with Crippen molar-refractivity contribution in [2.45, 2.75) is 45.1 Å². The van der Waals surface area contributed by atoms with Gasteiger partial charge in [0.25, 0.3) is 0 Å². The summed E-state index contributed by atoms with van der Waals surface area (Å²) in [5, 5.41) is 0. The summed E-state index contributed by atoms with van der Waals surface area (Å²) in [5.41, 5.74) is 7.56. The standard InChI is InChI=1S/C15H22N2O/c1-11(16)7-6-10-17-13-9-5-4-8-12(13)15(2,3)14(17)18/h4-5,8-9,11H,6-7,10,16H2,1-3H3. The largest absolute Gasteiger partial charge is 0.328 e. The Morgan fingerprint density at radius 1 is 1.33 bits per heavy atom. The smallest absolute Gasteiger partial charge is 0.237 e. The first-order valence-corrected chi connectivity index (χ1v) is 6.61. The number of hydrogen-bond acceptors (Lipinski definition) is 2. The highest BCUT2D eigenvalue weighted by Crippen LogP contribution is 2.41. The minimum absolute atomic E-state index is 0.200. The van der Waals surface area contributed by atoms with Crippen LogP contribution < -0.4 is 10.6 Å². The van der Waals surface area contributed by atoms with Crippen LogP contribution in [-0.2, 0) is 10.2 Å². The van der Waals surface area contributed by atoms with Gasteiger partial charge < -0.3 is 10.6 Å². The van der Waals surface area contributed by atoms with E-state index in [4.69, 9.17) is 5.73 Å². The molecule has 1 amide bonds. The molecule has 0 aromatic heterocycles. The second kappa shape index (κ2) is 4.73. The fourth-order valence-corrected chi connectivity index (χ4v) is 2.59. The van der Waals surface area contributed by atoms with Gasteiger partial charge in [0.2, 0.25) is 5.91 Å². The molecule has 1 heterocycles. The molecule has 0 spiro atoms. The Balaban J connectivity index is 2.20. The van der Waals surface area contributed by atoms with Crippen LogP contribution in [0, 0.1) is 0 Å². The second-order valence-electron chi connectivity index (χ2n) is 5.72. The Kier molecular flexibility index (Phi) is 3.44. The molecule has 1 aliphatic rings. The maximum atomic E-state index is 12.5. The molecule has 3 heteroatoms. The van der Waals surface area contributed by atoms with E-state index in [1.54, 1.807) is 0 Å². The summed E-state index contributed by atoms with van der Waals surface area (Å²) < 4.78 is 0. The summed E-state index contributed by atoms with van der Waals surface area (Å²) >= 11 is 0.